The van der Waals surface area contributed by atoms with Crippen LogP contribution in [0.15, 0.2) is 24.3 Å². The topological polar surface area (TPSA) is 92.8 Å². The average Bonchev–Trinajstić information content (AvgIpc) is 2.47. The van der Waals surface area contributed by atoms with Crippen LogP contribution in [-0.4, -0.2) is 44.8 Å². The molecule has 0 aliphatic heterocycles. The fourth-order valence-corrected chi connectivity index (χ4v) is 2.87. The van der Waals surface area contributed by atoms with Crippen LogP contribution in [0.3, 0.4) is 0 Å². The Morgan fingerprint density at radius 2 is 1.76 bits per heavy atom. The summed E-state index contributed by atoms with van der Waals surface area (Å²) in [6.07, 6.45) is 0. The highest BCUT2D eigenvalue weighted by Gasteiger charge is 2.22. The summed E-state index contributed by atoms with van der Waals surface area (Å²) < 4.78 is 31.5. The van der Waals surface area contributed by atoms with Crippen LogP contribution in [0.1, 0.15) is 34.6 Å². The SMILES string of the molecule is CCN(CC)S(=O)(=O)NC(=O)c1cccc(C(=O)OC)c1. The summed E-state index contributed by atoms with van der Waals surface area (Å²) >= 11 is 0. The number of amides is 1. The van der Waals surface area contributed by atoms with E-state index in [4.69, 9.17) is 0 Å². The summed E-state index contributed by atoms with van der Waals surface area (Å²) in [7, 11) is -2.67. The van der Waals surface area contributed by atoms with Crippen molar-refractivity contribution < 1.29 is 22.7 Å². The van der Waals surface area contributed by atoms with Gasteiger partial charge in [-0.2, -0.15) is 12.7 Å². The molecule has 1 aromatic carbocycles. The van der Waals surface area contributed by atoms with E-state index < -0.39 is 22.1 Å². The third-order valence-corrected chi connectivity index (χ3v) is 4.45. The Morgan fingerprint density at radius 1 is 1.19 bits per heavy atom. The maximum Gasteiger partial charge on any atom is 0.337 e. The van der Waals surface area contributed by atoms with E-state index >= 15 is 0 Å². The average molecular weight is 314 g/mol. The van der Waals surface area contributed by atoms with E-state index in [0.717, 1.165) is 4.31 Å². The van der Waals surface area contributed by atoms with Crippen molar-refractivity contribution in [3.8, 4) is 0 Å². The molecule has 0 spiro atoms. The lowest BCUT2D eigenvalue weighted by molar-refractivity contribution is 0.0600. The lowest BCUT2D eigenvalue weighted by Crippen LogP contribution is -2.43. The molecule has 0 saturated heterocycles. The van der Waals surface area contributed by atoms with Gasteiger partial charge in [0, 0.05) is 18.7 Å². The van der Waals surface area contributed by atoms with Crippen LogP contribution < -0.4 is 4.72 Å². The number of esters is 1. The summed E-state index contributed by atoms with van der Waals surface area (Å²) in [5.41, 5.74) is 0.235. The van der Waals surface area contributed by atoms with E-state index in [1.807, 2.05) is 4.72 Å². The second-order valence-electron chi connectivity index (χ2n) is 4.09. The molecule has 1 aromatic rings. The quantitative estimate of drug-likeness (QED) is 0.784. The van der Waals surface area contributed by atoms with Gasteiger partial charge < -0.3 is 4.74 Å². The maximum atomic E-state index is 12.0. The first-order chi connectivity index (χ1) is 9.85. The number of rotatable bonds is 6. The first-order valence-electron chi connectivity index (χ1n) is 6.36. The number of carbonyl (C=O) groups excluding carboxylic acids is 2. The number of nitrogens with zero attached hydrogens (tertiary/aromatic N) is 1. The molecule has 0 unspecified atom stereocenters. The molecule has 1 rings (SSSR count). The fourth-order valence-electron chi connectivity index (χ4n) is 1.71. The standard InChI is InChI=1S/C13H18N2O5S/c1-4-15(5-2)21(18,19)14-12(16)10-7-6-8-11(9-10)13(17)20-3/h6-9H,4-5H2,1-3H3,(H,14,16). The summed E-state index contributed by atoms with van der Waals surface area (Å²) in [5, 5.41) is 0. The second-order valence-corrected chi connectivity index (χ2v) is 5.76. The van der Waals surface area contributed by atoms with Crippen molar-refractivity contribution in [1.82, 2.24) is 9.03 Å². The molecule has 0 aliphatic rings. The van der Waals surface area contributed by atoms with Gasteiger partial charge >= 0.3 is 16.2 Å². The van der Waals surface area contributed by atoms with E-state index in [0.29, 0.717) is 0 Å². The maximum absolute atomic E-state index is 12.0. The fraction of sp³-hybridized carbons (Fsp3) is 0.385. The molecule has 7 nitrogen and oxygen atoms in total. The Balaban J connectivity index is 2.97. The van der Waals surface area contributed by atoms with Crippen molar-refractivity contribution in [3.05, 3.63) is 35.4 Å². The van der Waals surface area contributed by atoms with Crippen molar-refractivity contribution in [2.45, 2.75) is 13.8 Å². The van der Waals surface area contributed by atoms with Crippen LogP contribution in [0.2, 0.25) is 0 Å². The molecule has 0 heterocycles. The summed E-state index contributed by atoms with van der Waals surface area (Å²) in [6, 6.07) is 5.64. The Morgan fingerprint density at radius 3 is 2.29 bits per heavy atom. The van der Waals surface area contributed by atoms with Crippen LogP contribution in [-0.2, 0) is 14.9 Å². The van der Waals surface area contributed by atoms with Crippen LogP contribution in [0.5, 0.6) is 0 Å². The van der Waals surface area contributed by atoms with Gasteiger partial charge in [0.15, 0.2) is 0 Å². The Hall–Kier alpha value is -1.93. The van der Waals surface area contributed by atoms with Gasteiger partial charge in [-0.1, -0.05) is 19.9 Å². The van der Waals surface area contributed by atoms with E-state index in [2.05, 4.69) is 4.74 Å². The molecule has 0 atom stereocenters. The van der Waals surface area contributed by atoms with Gasteiger partial charge in [0.1, 0.15) is 0 Å². The molecule has 0 saturated carbocycles. The third-order valence-electron chi connectivity index (χ3n) is 2.81. The second kappa shape index (κ2) is 7.19. The largest absolute Gasteiger partial charge is 0.465 e. The van der Waals surface area contributed by atoms with Gasteiger partial charge in [0.05, 0.1) is 12.7 Å². The minimum Gasteiger partial charge on any atom is -0.465 e. The predicted molar refractivity (Wildman–Crippen MR) is 77.1 cm³/mol. The van der Waals surface area contributed by atoms with Gasteiger partial charge in [-0.15, -0.1) is 0 Å². The summed E-state index contributed by atoms with van der Waals surface area (Å²) in [4.78, 5) is 23.4. The van der Waals surface area contributed by atoms with E-state index in [9.17, 15) is 18.0 Å². The monoisotopic (exact) mass is 314 g/mol. The van der Waals surface area contributed by atoms with Crippen molar-refractivity contribution in [2.24, 2.45) is 0 Å². The van der Waals surface area contributed by atoms with Crippen LogP contribution >= 0.6 is 0 Å². The Bertz CT molecular complexity index is 623. The summed E-state index contributed by atoms with van der Waals surface area (Å²) in [5.74, 6) is -1.40. The first-order valence-corrected chi connectivity index (χ1v) is 7.80. The van der Waals surface area contributed by atoms with Crippen molar-refractivity contribution >= 4 is 22.1 Å². The highest BCUT2D eigenvalue weighted by molar-refractivity contribution is 7.87. The Kier molecular flexibility index (Phi) is 5.86. The molecular formula is C13H18N2O5S. The lowest BCUT2D eigenvalue weighted by Gasteiger charge is -2.18. The van der Waals surface area contributed by atoms with Gasteiger partial charge in [0.25, 0.3) is 5.91 Å². The molecule has 1 amide bonds. The van der Waals surface area contributed by atoms with Gasteiger partial charge in [-0.25, -0.2) is 9.52 Å². The minimum absolute atomic E-state index is 0.0635. The zero-order chi connectivity index (χ0) is 16.0. The smallest absolute Gasteiger partial charge is 0.337 e. The number of ether oxygens (including phenoxy) is 1. The number of benzene rings is 1. The molecule has 0 fully saturated rings. The molecule has 0 aliphatic carbocycles. The van der Waals surface area contributed by atoms with Gasteiger partial charge in [-0.05, 0) is 18.2 Å². The molecule has 1 N–H and O–H groups in total. The molecule has 0 aromatic heterocycles. The number of methoxy groups -OCH3 is 1. The van der Waals surface area contributed by atoms with Crippen molar-refractivity contribution in [1.29, 1.82) is 0 Å². The number of nitrogens with one attached hydrogen (secondary N) is 1. The number of hydrogen-bond donors (Lipinski definition) is 1. The van der Waals surface area contributed by atoms with Gasteiger partial charge in [0.2, 0.25) is 0 Å². The molecular weight excluding hydrogens is 296 g/mol. The molecule has 21 heavy (non-hydrogen) atoms. The molecule has 8 heteroatoms. The minimum atomic E-state index is -3.89. The van der Waals surface area contributed by atoms with Crippen LogP contribution in [0, 0.1) is 0 Å². The van der Waals surface area contributed by atoms with Crippen molar-refractivity contribution in [2.75, 3.05) is 20.2 Å². The number of hydrogen-bond acceptors (Lipinski definition) is 5. The van der Waals surface area contributed by atoms with E-state index in [1.165, 1.54) is 31.4 Å². The molecule has 0 bridgehead atoms. The highest BCUT2D eigenvalue weighted by Crippen LogP contribution is 2.08. The zero-order valence-corrected chi connectivity index (χ0v) is 12.9. The Labute approximate surface area is 124 Å². The van der Waals surface area contributed by atoms with E-state index in [-0.39, 0.29) is 24.2 Å². The molecule has 0 radical (unpaired) electrons. The van der Waals surface area contributed by atoms with Crippen molar-refractivity contribution in [3.63, 3.8) is 0 Å². The van der Waals surface area contributed by atoms with Crippen LogP contribution in [0.4, 0.5) is 0 Å². The molecule has 116 valence electrons. The van der Waals surface area contributed by atoms with Crippen LogP contribution in [0.25, 0.3) is 0 Å². The normalized spacial score (nSPS) is 11.2. The van der Waals surface area contributed by atoms with Gasteiger partial charge in [-0.3, -0.25) is 4.79 Å². The first kappa shape index (κ1) is 17.1. The summed E-state index contributed by atoms with van der Waals surface area (Å²) in [6.45, 7) is 3.85. The number of carbonyl (C=O) groups is 2. The highest BCUT2D eigenvalue weighted by atomic mass is 32.2. The predicted octanol–water partition coefficient (Wildman–Crippen LogP) is 0.790. The van der Waals surface area contributed by atoms with E-state index in [1.54, 1.807) is 13.8 Å². The zero-order valence-electron chi connectivity index (χ0n) is 12.1. The third kappa shape index (κ3) is 4.27. The lowest BCUT2D eigenvalue weighted by atomic mass is 10.1.